The number of hydrogen-bond donors (Lipinski definition) is 0. The summed E-state index contributed by atoms with van der Waals surface area (Å²) in [5, 5.41) is 0. The van der Waals surface area contributed by atoms with Crippen molar-refractivity contribution < 1.29 is 9.53 Å². The summed E-state index contributed by atoms with van der Waals surface area (Å²) in [6.07, 6.45) is 12.2. The van der Waals surface area contributed by atoms with Crippen LogP contribution in [0.2, 0.25) is 0 Å². The summed E-state index contributed by atoms with van der Waals surface area (Å²) in [6, 6.07) is 0. The standard InChI is InChI=1S/C12H20O2/c1-2-3-4-5-6-7-8-11-9-10-12(13)14-11/h9-11H,2-8H2,1H3. The van der Waals surface area contributed by atoms with Gasteiger partial charge in [-0.2, -0.15) is 0 Å². The molecule has 14 heavy (non-hydrogen) atoms. The van der Waals surface area contributed by atoms with Crippen LogP contribution in [0.15, 0.2) is 12.2 Å². The van der Waals surface area contributed by atoms with Gasteiger partial charge in [-0.15, -0.1) is 0 Å². The van der Waals surface area contributed by atoms with Gasteiger partial charge in [0.05, 0.1) is 0 Å². The van der Waals surface area contributed by atoms with E-state index in [0.29, 0.717) is 0 Å². The van der Waals surface area contributed by atoms with Gasteiger partial charge >= 0.3 is 5.97 Å². The Kier molecular flexibility index (Phi) is 5.35. The van der Waals surface area contributed by atoms with Crippen molar-refractivity contribution in [3.05, 3.63) is 12.2 Å². The van der Waals surface area contributed by atoms with Gasteiger partial charge in [0.1, 0.15) is 6.10 Å². The van der Waals surface area contributed by atoms with Gasteiger partial charge in [0.2, 0.25) is 0 Å². The molecule has 1 unspecified atom stereocenters. The van der Waals surface area contributed by atoms with E-state index in [2.05, 4.69) is 6.92 Å². The summed E-state index contributed by atoms with van der Waals surface area (Å²) in [7, 11) is 0. The lowest BCUT2D eigenvalue weighted by Gasteiger charge is -2.07. The number of rotatable bonds is 7. The fourth-order valence-electron chi connectivity index (χ4n) is 1.69. The van der Waals surface area contributed by atoms with Crippen molar-refractivity contribution in [2.24, 2.45) is 0 Å². The number of hydrogen-bond acceptors (Lipinski definition) is 2. The van der Waals surface area contributed by atoms with Crippen LogP contribution in [0.5, 0.6) is 0 Å². The van der Waals surface area contributed by atoms with Crippen LogP contribution in [0, 0.1) is 0 Å². The quantitative estimate of drug-likeness (QED) is 0.461. The fourth-order valence-corrected chi connectivity index (χ4v) is 1.69. The molecule has 0 amide bonds. The number of unbranched alkanes of at least 4 members (excludes halogenated alkanes) is 5. The Hall–Kier alpha value is -0.790. The number of cyclic esters (lactones) is 1. The lowest BCUT2D eigenvalue weighted by atomic mass is 10.1. The second-order valence-corrected chi connectivity index (χ2v) is 3.89. The Morgan fingerprint density at radius 2 is 1.93 bits per heavy atom. The third kappa shape index (κ3) is 4.45. The summed E-state index contributed by atoms with van der Waals surface area (Å²) in [5.74, 6) is -0.180. The molecule has 0 saturated heterocycles. The van der Waals surface area contributed by atoms with E-state index < -0.39 is 0 Å². The molecule has 1 heterocycles. The molecule has 0 spiro atoms. The maximum Gasteiger partial charge on any atom is 0.331 e. The third-order valence-electron chi connectivity index (χ3n) is 2.56. The van der Waals surface area contributed by atoms with Crippen molar-refractivity contribution >= 4 is 5.97 Å². The lowest BCUT2D eigenvalue weighted by molar-refractivity contribution is -0.138. The van der Waals surface area contributed by atoms with Crippen molar-refractivity contribution in [1.29, 1.82) is 0 Å². The lowest BCUT2D eigenvalue weighted by Crippen LogP contribution is -2.06. The maximum atomic E-state index is 10.7. The minimum absolute atomic E-state index is 0.0636. The number of esters is 1. The summed E-state index contributed by atoms with van der Waals surface area (Å²) in [5.41, 5.74) is 0. The molecule has 0 radical (unpaired) electrons. The zero-order valence-corrected chi connectivity index (χ0v) is 9.00. The monoisotopic (exact) mass is 196 g/mol. The molecule has 0 aromatic heterocycles. The minimum Gasteiger partial charge on any atom is -0.455 e. The Labute approximate surface area is 86.3 Å². The molecule has 1 aliphatic heterocycles. The molecular weight excluding hydrogens is 176 g/mol. The molecule has 0 N–H and O–H groups in total. The van der Waals surface area contributed by atoms with Crippen molar-refractivity contribution in [2.45, 2.75) is 58.0 Å². The van der Waals surface area contributed by atoms with Crippen LogP contribution in [-0.2, 0) is 9.53 Å². The Balaban J connectivity index is 1.89. The highest BCUT2D eigenvalue weighted by molar-refractivity contribution is 5.84. The van der Waals surface area contributed by atoms with Gasteiger partial charge in [-0.3, -0.25) is 0 Å². The molecule has 1 aliphatic rings. The van der Waals surface area contributed by atoms with Gasteiger partial charge in [0, 0.05) is 6.08 Å². The van der Waals surface area contributed by atoms with Crippen molar-refractivity contribution in [1.82, 2.24) is 0 Å². The van der Waals surface area contributed by atoms with Crippen molar-refractivity contribution in [2.75, 3.05) is 0 Å². The van der Waals surface area contributed by atoms with E-state index in [-0.39, 0.29) is 12.1 Å². The summed E-state index contributed by atoms with van der Waals surface area (Å²) >= 11 is 0. The van der Waals surface area contributed by atoms with Gasteiger partial charge in [0.15, 0.2) is 0 Å². The highest BCUT2D eigenvalue weighted by atomic mass is 16.5. The first-order valence-corrected chi connectivity index (χ1v) is 5.71. The average molecular weight is 196 g/mol. The average Bonchev–Trinajstić information content (AvgIpc) is 2.58. The van der Waals surface area contributed by atoms with E-state index in [4.69, 9.17) is 4.74 Å². The summed E-state index contributed by atoms with van der Waals surface area (Å²) in [4.78, 5) is 10.7. The van der Waals surface area contributed by atoms with Gasteiger partial charge in [-0.25, -0.2) is 4.79 Å². The molecule has 0 bridgehead atoms. The largest absolute Gasteiger partial charge is 0.455 e. The maximum absolute atomic E-state index is 10.7. The molecule has 0 fully saturated rings. The highest BCUT2D eigenvalue weighted by Gasteiger charge is 2.15. The molecule has 2 nitrogen and oxygen atoms in total. The van der Waals surface area contributed by atoms with Crippen LogP contribution in [-0.4, -0.2) is 12.1 Å². The van der Waals surface area contributed by atoms with Gasteiger partial charge in [-0.1, -0.05) is 39.0 Å². The Morgan fingerprint density at radius 1 is 1.21 bits per heavy atom. The second-order valence-electron chi connectivity index (χ2n) is 3.89. The minimum atomic E-state index is -0.180. The zero-order valence-electron chi connectivity index (χ0n) is 9.00. The first-order chi connectivity index (χ1) is 6.83. The van der Waals surface area contributed by atoms with E-state index in [1.807, 2.05) is 6.08 Å². The zero-order chi connectivity index (χ0) is 10.2. The summed E-state index contributed by atoms with van der Waals surface area (Å²) in [6.45, 7) is 2.22. The van der Waals surface area contributed by atoms with Gasteiger partial charge in [0.25, 0.3) is 0 Å². The smallest absolute Gasteiger partial charge is 0.331 e. The van der Waals surface area contributed by atoms with E-state index in [1.165, 1.54) is 44.6 Å². The van der Waals surface area contributed by atoms with Crippen LogP contribution in [0.1, 0.15) is 51.9 Å². The number of carbonyl (C=O) groups is 1. The van der Waals surface area contributed by atoms with Crippen LogP contribution < -0.4 is 0 Å². The van der Waals surface area contributed by atoms with E-state index in [9.17, 15) is 4.79 Å². The third-order valence-corrected chi connectivity index (χ3v) is 2.56. The molecule has 0 aromatic carbocycles. The fraction of sp³-hybridized carbons (Fsp3) is 0.750. The molecule has 1 rings (SSSR count). The topological polar surface area (TPSA) is 26.3 Å². The first kappa shape index (κ1) is 11.3. The van der Waals surface area contributed by atoms with Crippen LogP contribution in [0.4, 0.5) is 0 Å². The molecule has 1 atom stereocenters. The molecule has 0 saturated carbocycles. The predicted octanol–water partition coefficient (Wildman–Crippen LogP) is 3.22. The molecular formula is C12H20O2. The molecule has 80 valence electrons. The van der Waals surface area contributed by atoms with Crippen molar-refractivity contribution in [3.8, 4) is 0 Å². The van der Waals surface area contributed by atoms with E-state index >= 15 is 0 Å². The Morgan fingerprint density at radius 3 is 2.57 bits per heavy atom. The summed E-state index contributed by atoms with van der Waals surface area (Å²) < 4.78 is 5.04. The highest BCUT2D eigenvalue weighted by Crippen LogP contribution is 2.14. The van der Waals surface area contributed by atoms with E-state index in [1.54, 1.807) is 0 Å². The Bertz CT molecular complexity index is 196. The number of ether oxygens (including phenoxy) is 1. The molecule has 2 heteroatoms. The first-order valence-electron chi connectivity index (χ1n) is 5.71. The number of carbonyl (C=O) groups excluding carboxylic acids is 1. The normalized spacial score (nSPS) is 20.1. The SMILES string of the molecule is CCCCCCCCC1C=CC(=O)O1. The predicted molar refractivity (Wildman–Crippen MR) is 57.0 cm³/mol. The van der Waals surface area contributed by atoms with Crippen LogP contribution >= 0.6 is 0 Å². The van der Waals surface area contributed by atoms with Crippen LogP contribution in [0.3, 0.4) is 0 Å². The molecule has 0 aliphatic carbocycles. The van der Waals surface area contributed by atoms with Gasteiger partial charge < -0.3 is 4.74 Å². The van der Waals surface area contributed by atoms with Crippen molar-refractivity contribution in [3.63, 3.8) is 0 Å². The van der Waals surface area contributed by atoms with Crippen LogP contribution in [0.25, 0.3) is 0 Å². The molecule has 0 aromatic rings. The van der Waals surface area contributed by atoms with Gasteiger partial charge in [-0.05, 0) is 18.9 Å². The van der Waals surface area contributed by atoms with E-state index in [0.717, 1.165) is 6.42 Å². The second kappa shape index (κ2) is 6.63.